The van der Waals surface area contributed by atoms with Crippen LogP contribution in [0.3, 0.4) is 0 Å². The summed E-state index contributed by atoms with van der Waals surface area (Å²) in [5, 5.41) is 13.7. The molecule has 1 fully saturated rings. The third-order valence-corrected chi connectivity index (χ3v) is 3.76. The van der Waals surface area contributed by atoms with E-state index in [4.69, 9.17) is 4.74 Å². The van der Waals surface area contributed by atoms with Crippen molar-refractivity contribution in [3.8, 4) is 5.69 Å². The summed E-state index contributed by atoms with van der Waals surface area (Å²) in [7, 11) is 0. The molecule has 0 spiro atoms. The number of carbonyl (C=O) groups is 1. The normalized spacial score (nSPS) is 22.0. The summed E-state index contributed by atoms with van der Waals surface area (Å²) >= 11 is 0. The van der Waals surface area contributed by atoms with Crippen molar-refractivity contribution in [2.45, 2.75) is 12.8 Å². The standard InChI is InChI=1S/C15H16N2O3/c18-14(19)15(6-7-20-11-15)8-12-9-16-17(10-12)13-4-2-1-3-5-13/h1-5,9-10H,6-8,11H2,(H,18,19). The quantitative estimate of drug-likeness (QED) is 0.923. The van der Waals surface area contributed by atoms with Crippen LogP contribution in [-0.2, 0) is 16.0 Å². The maximum atomic E-state index is 11.5. The molecule has 0 amide bonds. The zero-order chi connectivity index (χ0) is 14.0. The molecule has 2 aromatic rings. The van der Waals surface area contributed by atoms with E-state index in [2.05, 4.69) is 5.10 Å². The highest BCUT2D eigenvalue weighted by molar-refractivity contribution is 5.75. The molecule has 3 rings (SSSR count). The molecule has 1 atom stereocenters. The maximum absolute atomic E-state index is 11.5. The minimum absolute atomic E-state index is 0.277. The van der Waals surface area contributed by atoms with Gasteiger partial charge in [-0.3, -0.25) is 4.79 Å². The van der Waals surface area contributed by atoms with E-state index in [1.165, 1.54) is 0 Å². The van der Waals surface area contributed by atoms with Crippen LogP contribution in [0, 0.1) is 5.41 Å². The number of benzene rings is 1. The monoisotopic (exact) mass is 272 g/mol. The van der Waals surface area contributed by atoms with E-state index < -0.39 is 11.4 Å². The van der Waals surface area contributed by atoms with Crippen molar-refractivity contribution < 1.29 is 14.6 Å². The van der Waals surface area contributed by atoms with Crippen LogP contribution in [0.15, 0.2) is 42.7 Å². The lowest BCUT2D eigenvalue weighted by Crippen LogP contribution is -2.33. The molecule has 2 heterocycles. The van der Waals surface area contributed by atoms with E-state index >= 15 is 0 Å². The molecule has 104 valence electrons. The minimum Gasteiger partial charge on any atom is -0.481 e. The molecule has 1 unspecified atom stereocenters. The number of hydrogen-bond donors (Lipinski definition) is 1. The first-order valence-electron chi connectivity index (χ1n) is 6.60. The van der Waals surface area contributed by atoms with Gasteiger partial charge in [-0.15, -0.1) is 0 Å². The number of ether oxygens (including phenoxy) is 1. The van der Waals surface area contributed by atoms with Gasteiger partial charge in [-0.25, -0.2) is 4.68 Å². The summed E-state index contributed by atoms with van der Waals surface area (Å²) in [5.41, 5.74) is 1.08. The SMILES string of the molecule is O=C(O)C1(Cc2cnn(-c3ccccc3)c2)CCOC1. The molecule has 1 aliphatic heterocycles. The predicted octanol–water partition coefficient (Wildman–Crippen LogP) is 1.91. The molecule has 1 aromatic heterocycles. The van der Waals surface area contributed by atoms with E-state index in [0.29, 0.717) is 19.4 Å². The molecule has 0 radical (unpaired) electrons. The number of hydrogen-bond acceptors (Lipinski definition) is 3. The molecule has 5 nitrogen and oxygen atoms in total. The number of aromatic nitrogens is 2. The fourth-order valence-electron chi connectivity index (χ4n) is 2.55. The lowest BCUT2D eigenvalue weighted by Gasteiger charge is -2.20. The van der Waals surface area contributed by atoms with Gasteiger partial charge in [0.05, 0.1) is 23.9 Å². The van der Waals surface area contributed by atoms with Gasteiger partial charge in [0.1, 0.15) is 0 Å². The van der Waals surface area contributed by atoms with Crippen molar-refractivity contribution in [1.82, 2.24) is 9.78 Å². The van der Waals surface area contributed by atoms with Crippen LogP contribution < -0.4 is 0 Å². The van der Waals surface area contributed by atoms with Gasteiger partial charge in [-0.1, -0.05) is 18.2 Å². The van der Waals surface area contributed by atoms with Crippen molar-refractivity contribution in [2.75, 3.05) is 13.2 Å². The largest absolute Gasteiger partial charge is 0.481 e. The third-order valence-electron chi connectivity index (χ3n) is 3.76. The summed E-state index contributed by atoms with van der Waals surface area (Å²) in [6.45, 7) is 0.790. The van der Waals surface area contributed by atoms with E-state index in [-0.39, 0.29) is 6.61 Å². The lowest BCUT2D eigenvalue weighted by molar-refractivity contribution is -0.148. The van der Waals surface area contributed by atoms with Gasteiger partial charge in [0.25, 0.3) is 0 Å². The van der Waals surface area contributed by atoms with Crippen LogP contribution in [0.5, 0.6) is 0 Å². The third kappa shape index (κ3) is 2.32. The Morgan fingerprint density at radius 3 is 2.85 bits per heavy atom. The topological polar surface area (TPSA) is 64.3 Å². The van der Waals surface area contributed by atoms with Gasteiger partial charge in [-0.05, 0) is 30.5 Å². The van der Waals surface area contributed by atoms with Crippen LogP contribution in [0.4, 0.5) is 0 Å². The van der Waals surface area contributed by atoms with Crippen molar-refractivity contribution in [2.24, 2.45) is 5.41 Å². The molecular formula is C15H16N2O3. The van der Waals surface area contributed by atoms with Crippen molar-refractivity contribution in [3.05, 3.63) is 48.3 Å². The first-order chi connectivity index (χ1) is 9.70. The second-order valence-corrected chi connectivity index (χ2v) is 5.19. The predicted molar refractivity (Wildman–Crippen MR) is 72.8 cm³/mol. The Labute approximate surface area is 116 Å². The van der Waals surface area contributed by atoms with Crippen LogP contribution in [0.2, 0.25) is 0 Å². The number of carboxylic acids is 1. The van der Waals surface area contributed by atoms with Gasteiger partial charge >= 0.3 is 5.97 Å². The molecular weight excluding hydrogens is 256 g/mol. The second-order valence-electron chi connectivity index (χ2n) is 5.19. The van der Waals surface area contributed by atoms with Gasteiger partial charge in [0, 0.05) is 12.8 Å². The second kappa shape index (κ2) is 5.09. The number of nitrogens with zero attached hydrogens (tertiary/aromatic N) is 2. The van der Waals surface area contributed by atoms with Crippen LogP contribution in [-0.4, -0.2) is 34.1 Å². The maximum Gasteiger partial charge on any atom is 0.312 e. The zero-order valence-corrected chi connectivity index (χ0v) is 11.0. The molecule has 0 aliphatic carbocycles. The van der Waals surface area contributed by atoms with Gasteiger partial charge in [0.15, 0.2) is 0 Å². The Balaban J connectivity index is 1.82. The molecule has 0 bridgehead atoms. The van der Waals surface area contributed by atoms with Crippen molar-refractivity contribution in [3.63, 3.8) is 0 Å². The highest BCUT2D eigenvalue weighted by atomic mass is 16.5. The average molecular weight is 272 g/mol. The molecule has 20 heavy (non-hydrogen) atoms. The van der Waals surface area contributed by atoms with Gasteiger partial charge in [-0.2, -0.15) is 5.10 Å². The first kappa shape index (κ1) is 12.9. The summed E-state index contributed by atoms with van der Waals surface area (Å²) in [6, 6.07) is 9.76. The summed E-state index contributed by atoms with van der Waals surface area (Å²) in [5.74, 6) is -0.789. The Kier molecular flexibility index (Phi) is 3.28. The summed E-state index contributed by atoms with van der Waals surface area (Å²) in [6.07, 6.45) is 4.63. The van der Waals surface area contributed by atoms with E-state index in [9.17, 15) is 9.90 Å². The summed E-state index contributed by atoms with van der Waals surface area (Å²) in [4.78, 5) is 11.5. The molecule has 1 N–H and O–H groups in total. The lowest BCUT2D eigenvalue weighted by atomic mass is 9.82. The number of aliphatic carboxylic acids is 1. The Morgan fingerprint density at radius 2 is 2.20 bits per heavy atom. The number of para-hydroxylation sites is 1. The Bertz CT molecular complexity index is 601. The minimum atomic E-state index is -0.801. The van der Waals surface area contributed by atoms with E-state index in [1.54, 1.807) is 10.9 Å². The van der Waals surface area contributed by atoms with Crippen LogP contribution >= 0.6 is 0 Å². The van der Waals surface area contributed by atoms with Gasteiger partial charge < -0.3 is 9.84 Å². The first-order valence-corrected chi connectivity index (χ1v) is 6.60. The zero-order valence-electron chi connectivity index (χ0n) is 11.0. The summed E-state index contributed by atoms with van der Waals surface area (Å²) < 4.78 is 7.04. The number of carboxylic acid groups (broad SMARTS) is 1. The van der Waals surface area contributed by atoms with Crippen molar-refractivity contribution >= 4 is 5.97 Å². The molecule has 1 aromatic carbocycles. The molecule has 1 saturated heterocycles. The molecule has 0 saturated carbocycles. The molecule has 5 heteroatoms. The average Bonchev–Trinajstić information content (AvgIpc) is 3.10. The number of rotatable bonds is 4. The van der Waals surface area contributed by atoms with Crippen LogP contribution in [0.25, 0.3) is 5.69 Å². The van der Waals surface area contributed by atoms with Gasteiger partial charge in [0.2, 0.25) is 0 Å². The van der Waals surface area contributed by atoms with Crippen molar-refractivity contribution in [1.29, 1.82) is 0 Å². The Morgan fingerprint density at radius 1 is 1.40 bits per heavy atom. The molecule has 1 aliphatic rings. The fraction of sp³-hybridized carbons (Fsp3) is 0.333. The highest BCUT2D eigenvalue weighted by Crippen LogP contribution is 2.33. The highest BCUT2D eigenvalue weighted by Gasteiger charge is 2.42. The van der Waals surface area contributed by atoms with E-state index in [1.807, 2.05) is 36.5 Å². The van der Waals surface area contributed by atoms with E-state index in [0.717, 1.165) is 11.3 Å². The fourth-order valence-corrected chi connectivity index (χ4v) is 2.55. The van der Waals surface area contributed by atoms with Crippen LogP contribution in [0.1, 0.15) is 12.0 Å². The Hall–Kier alpha value is -2.14. The smallest absolute Gasteiger partial charge is 0.312 e.